The average molecular weight is 317 g/mol. The van der Waals surface area contributed by atoms with Crippen molar-refractivity contribution >= 4 is 16.6 Å². The lowest BCUT2D eigenvalue weighted by atomic mass is 10.2. The Morgan fingerprint density at radius 1 is 0.650 bits per heavy atom. The zero-order chi connectivity index (χ0) is 16.2. The Balaban J connectivity index is 4.14. The van der Waals surface area contributed by atoms with Gasteiger partial charge in [0.2, 0.25) is 0 Å². The molecular weight excluding hydrogens is 280 g/mol. The van der Waals surface area contributed by atoms with E-state index in [1.165, 1.54) is 0 Å². The highest BCUT2D eigenvalue weighted by molar-refractivity contribution is 6.74. The van der Waals surface area contributed by atoms with Gasteiger partial charge in [-0.25, -0.2) is 0 Å². The predicted molar refractivity (Wildman–Crippen MR) is 95.4 cm³/mol. The van der Waals surface area contributed by atoms with Crippen LogP contribution < -0.4 is 0 Å². The van der Waals surface area contributed by atoms with Crippen molar-refractivity contribution in [2.24, 2.45) is 0 Å². The Labute approximate surface area is 129 Å². The molecule has 20 heavy (non-hydrogen) atoms. The second-order valence-corrected chi connectivity index (χ2v) is 18.2. The molecule has 0 fully saturated rings. The lowest BCUT2D eigenvalue weighted by Gasteiger charge is -2.36. The molecule has 0 atom stereocenters. The van der Waals surface area contributed by atoms with Crippen LogP contribution in [0.3, 0.4) is 0 Å². The maximum atomic E-state index is 6.10. The van der Waals surface area contributed by atoms with Crippen molar-refractivity contribution in [3.63, 3.8) is 0 Å². The van der Waals surface area contributed by atoms with E-state index in [9.17, 15) is 0 Å². The third kappa shape index (κ3) is 6.25. The summed E-state index contributed by atoms with van der Waals surface area (Å²) in [5.41, 5.74) is 0. The molecule has 4 heteroatoms. The van der Waals surface area contributed by atoms with Gasteiger partial charge in [-0.3, -0.25) is 0 Å². The van der Waals surface area contributed by atoms with Crippen molar-refractivity contribution < 1.29 is 8.85 Å². The zero-order valence-corrected chi connectivity index (χ0v) is 17.4. The van der Waals surface area contributed by atoms with Crippen LogP contribution in [0.4, 0.5) is 0 Å². The highest BCUT2D eigenvalue weighted by Crippen LogP contribution is 2.37. The maximum Gasteiger partial charge on any atom is 0.192 e. The van der Waals surface area contributed by atoms with Crippen LogP contribution in [-0.2, 0) is 8.85 Å². The zero-order valence-electron chi connectivity index (χ0n) is 15.4. The molecule has 0 N–H and O–H groups in total. The van der Waals surface area contributed by atoms with Crippen LogP contribution >= 0.6 is 0 Å². The van der Waals surface area contributed by atoms with E-state index in [1.807, 2.05) is 0 Å². The Morgan fingerprint density at radius 3 is 1.10 bits per heavy atom. The van der Waals surface area contributed by atoms with E-state index in [0.717, 1.165) is 0 Å². The van der Waals surface area contributed by atoms with Crippen molar-refractivity contribution in [3.8, 4) is 0 Å². The van der Waals surface area contributed by atoms with Crippen LogP contribution in [0.25, 0.3) is 0 Å². The largest absolute Gasteiger partial charge is 0.413 e. The summed E-state index contributed by atoms with van der Waals surface area (Å²) in [6, 6.07) is 0. The van der Waals surface area contributed by atoms with E-state index in [-0.39, 0.29) is 10.1 Å². The summed E-state index contributed by atoms with van der Waals surface area (Å²) in [6.07, 6.45) is 4.21. The minimum absolute atomic E-state index is 0.276. The molecule has 0 aliphatic heterocycles. The summed E-state index contributed by atoms with van der Waals surface area (Å²) in [5.74, 6) is 0. The van der Waals surface area contributed by atoms with Crippen molar-refractivity contribution in [1.29, 1.82) is 0 Å². The summed E-state index contributed by atoms with van der Waals surface area (Å²) < 4.78 is 12.2. The van der Waals surface area contributed by atoms with Gasteiger partial charge in [0.05, 0.1) is 13.2 Å². The Kier molecular flexibility index (Phi) is 6.93. The lowest BCUT2D eigenvalue weighted by molar-refractivity contribution is 0.317. The molecule has 0 heterocycles. The third-order valence-electron chi connectivity index (χ3n) is 4.86. The summed E-state index contributed by atoms with van der Waals surface area (Å²) in [7, 11) is -3.23. The molecule has 0 aromatic carbocycles. The first-order valence-electron chi connectivity index (χ1n) is 7.64. The van der Waals surface area contributed by atoms with Gasteiger partial charge in [-0.1, -0.05) is 53.7 Å². The van der Waals surface area contributed by atoms with Gasteiger partial charge in [-0.2, -0.15) is 0 Å². The molecule has 0 aromatic heterocycles. The molecular formula is C16H36O2Si2. The molecule has 2 nitrogen and oxygen atoms in total. The molecule has 0 spiro atoms. The van der Waals surface area contributed by atoms with E-state index in [0.29, 0.717) is 13.2 Å². The van der Waals surface area contributed by atoms with E-state index >= 15 is 0 Å². The highest BCUT2D eigenvalue weighted by Gasteiger charge is 2.37. The number of hydrogen-bond donors (Lipinski definition) is 0. The number of rotatable bonds is 6. The van der Waals surface area contributed by atoms with Crippen molar-refractivity contribution in [2.45, 2.75) is 77.8 Å². The molecule has 0 radical (unpaired) electrons. The van der Waals surface area contributed by atoms with Crippen molar-refractivity contribution in [2.75, 3.05) is 13.2 Å². The molecule has 0 aliphatic carbocycles. The number of hydrogen-bond acceptors (Lipinski definition) is 2. The van der Waals surface area contributed by atoms with Crippen LogP contribution in [0.15, 0.2) is 12.2 Å². The van der Waals surface area contributed by atoms with Crippen LogP contribution in [-0.4, -0.2) is 29.8 Å². The van der Waals surface area contributed by atoms with Gasteiger partial charge in [0, 0.05) is 0 Å². The van der Waals surface area contributed by atoms with E-state index < -0.39 is 16.6 Å². The quantitative estimate of drug-likeness (QED) is 0.470. The van der Waals surface area contributed by atoms with Crippen molar-refractivity contribution in [1.82, 2.24) is 0 Å². The molecule has 0 aromatic rings. The fourth-order valence-corrected chi connectivity index (χ4v) is 2.97. The van der Waals surface area contributed by atoms with Gasteiger partial charge in [0.25, 0.3) is 0 Å². The first-order valence-corrected chi connectivity index (χ1v) is 13.5. The second kappa shape index (κ2) is 6.90. The van der Waals surface area contributed by atoms with Crippen LogP contribution in [0.5, 0.6) is 0 Å². The summed E-state index contributed by atoms with van der Waals surface area (Å²) in [6.45, 7) is 24.2. The topological polar surface area (TPSA) is 18.5 Å². The van der Waals surface area contributed by atoms with Gasteiger partial charge < -0.3 is 8.85 Å². The lowest BCUT2D eigenvalue weighted by Crippen LogP contribution is -2.41. The van der Waals surface area contributed by atoms with Crippen LogP contribution in [0, 0.1) is 0 Å². The molecule has 0 saturated heterocycles. The predicted octanol–water partition coefficient (Wildman–Crippen LogP) is 5.59. The average Bonchev–Trinajstić information content (AvgIpc) is 2.19. The third-order valence-corrected chi connectivity index (χ3v) is 13.9. The highest BCUT2D eigenvalue weighted by atomic mass is 28.4. The summed E-state index contributed by atoms with van der Waals surface area (Å²) >= 11 is 0. The minimum atomic E-state index is -1.62. The Bertz CT molecular complexity index is 288. The molecule has 0 unspecified atom stereocenters. The smallest absolute Gasteiger partial charge is 0.192 e. The van der Waals surface area contributed by atoms with E-state index in [2.05, 4.69) is 79.9 Å². The summed E-state index contributed by atoms with van der Waals surface area (Å²) in [4.78, 5) is 0. The van der Waals surface area contributed by atoms with E-state index in [4.69, 9.17) is 8.85 Å². The molecule has 0 amide bonds. The molecule has 120 valence electrons. The van der Waals surface area contributed by atoms with Gasteiger partial charge >= 0.3 is 0 Å². The molecule has 0 rings (SSSR count). The van der Waals surface area contributed by atoms with Crippen molar-refractivity contribution in [3.05, 3.63) is 12.2 Å². The molecule has 0 saturated carbocycles. The normalized spacial score (nSPS) is 15.1. The van der Waals surface area contributed by atoms with Gasteiger partial charge in [-0.15, -0.1) is 0 Å². The molecule has 0 bridgehead atoms. The Morgan fingerprint density at radius 2 is 0.900 bits per heavy atom. The first-order chi connectivity index (χ1) is 8.71. The SMILES string of the molecule is CC(C)(C)[Si](C)(C)OCC=CCO[Si](C)(C)C(C)(C)C. The van der Waals surface area contributed by atoms with Gasteiger partial charge in [0.15, 0.2) is 16.6 Å². The fraction of sp³-hybridized carbons (Fsp3) is 0.875. The fourth-order valence-electron chi connectivity index (χ4n) is 1.08. The summed E-state index contributed by atoms with van der Waals surface area (Å²) in [5, 5.41) is 0.553. The monoisotopic (exact) mass is 316 g/mol. The Hall–Kier alpha value is 0.0938. The standard InChI is InChI=1S/C16H36O2Si2/c1-15(2,3)19(7,8)17-13-11-12-14-18-20(9,10)16(4,5)6/h11-12H,13-14H2,1-10H3. The maximum absolute atomic E-state index is 6.10. The van der Waals surface area contributed by atoms with Crippen LogP contribution in [0.1, 0.15) is 41.5 Å². The first kappa shape index (κ1) is 20.1. The van der Waals surface area contributed by atoms with Crippen LogP contribution in [0.2, 0.25) is 36.3 Å². The van der Waals surface area contributed by atoms with Gasteiger partial charge in [-0.05, 0) is 36.3 Å². The molecule has 0 aliphatic rings. The second-order valence-electron chi connectivity index (χ2n) is 8.61. The van der Waals surface area contributed by atoms with Gasteiger partial charge in [0.1, 0.15) is 0 Å². The van der Waals surface area contributed by atoms with E-state index in [1.54, 1.807) is 0 Å². The minimum Gasteiger partial charge on any atom is -0.413 e.